The van der Waals surface area contributed by atoms with Crippen molar-refractivity contribution >= 4 is 16.7 Å². The van der Waals surface area contributed by atoms with Gasteiger partial charge in [0.15, 0.2) is 0 Å². The molecule has 4 rings (SSSR count). The number of hydrogen-bond acceptors (Lipinski definition) is 4. The first kappa shape index (κ1) is 17.6. The number of aryl methyl sites for hydroxylation is 1. The molecule has 1 aromatic carbocycles. The summed E-state index contributed by atoms with van der Waals surface area (Å²) in [6.07, 6.45) is 11.3. The summed E-state index contributed by atoms with van der Waals surface area (Å²) in [4.78, 5) is 27.2. The van der Waals surface area contributed by atoms with E-state index < -0.39 is 0 Å². The Bertz CT molecular complexity index is 938. The third-order valence-corrected chi connectivity index (χ3v) is 5.36. The summed E-state index contributed by atoms with van der Waals surface area (Å²) in [5.41, 5.74) is 2.64. The summed E-state index contributed by atoms with van der Waals surface area (Å²) in [7, 11) is 0. The van der Waals surface area contributed by atoms with Crippen molar-refractivity contribution in [2.45, 2.75) is 32.6 Å². The smallest absolute Gasteiger partial charge is 0.274 e. The number of rotatable bonds is 3. The van der Waals surface area contributed by atoms with Gasteiger partial charge in [-0.2, -0.15) is 0 Å². The molecule has 1 fully saturated rings. The topological polar surface area (TPSA) is 59.0 Å². The lowest BCUT2D eigenvalue weighted by Crippen LogP contribution is -2.32. The Labute approximate surface area is 159 Å². The number of nitrogens with zero attached hydrogens (tertiary/aromatic N) is 4. The Balaban J connectivity index is 1.40. The molecule has 0 bridgehead atoms. The summed E-state index contributed by atoms with van der Waals surface area (Å²) >= 11 is 0. The number of hydrogen-bond donors (Lipinski definition) is 0. The summed E-state index contributed by atoms with van der Waals surface area (Å²) in [5, 5.41) is 2.42. The predicted molar refractivity (Wildman–Crippen MR) is 105 cm³/mol. The van der Waals surface area contributed by atoms with Gasteiger partial charge < -0.3 is 4.90 Å². The van der Waals surface area contributed by atoms with Crippen molar-refractivity contribution in [3.05, 3.63) is 66.0 Å². The molecule has 0 unspecified atom stereocenters. The molecule has 0 saturated carbocycles. The van der Waals surface area contributed by atoms with Gasteiger partial charge in [-0.1, -0.05) is 18.2 Å². The van der Waals surface area contributed by atoms with Crippen molar-refractivity contribution in [3.8, 4) is 0 Å². The highest BCUT2D eigenvalue weighted by molar-refractivity contribution is 5.92. The molecular weight excluding hydrogens is 336 g/mol. The number of carbonyl (C=O) groups excluding carboxylic acids is 1. The molecule has 0 spiro atoms. The van der Waals surface area contributed by atoms with E-state index in [1.165, 1.54) is 16.3 Å². The minimum absolute atomic E-state index is 0.00125. The Morgan fingerprint density at radius 3 is 2.85 bits per heavy atom. The van der Waals surface area contributed by atoms with Gasteiger partial charge in [-0.05, 0) is 55.5 Å². The molecule has 27 heavy (non-hydrogen) atoms. The monoisotopic (exact) mass is 360 g/mol. The first-order chi connectivity index (χ1) is 13.2. The quantitative estimate of drug-likeness (QED) is 0.712. The number of pyridine rings is 1. The Morgan fingerprint density at radius 1 is 1.07 bits per heavy atom. The minimum atomic E-state index is 0.00125. The largest absolute Gasteiger partial charge is 0.337 e. The number of fused-ring (bicyclic) bond motifs is 1. The SMILES string of the molecule is Cc1cnc(C(=O)N2CCC[C@H](Cc3ccc4cnccc4c3)CC2)cn1. The van der Waals surface area contributed by atoms with Crippen LogP contribution in [0.2, 0.25) is 0 Å². The second-order valence-corrected chi connectivity index (χ2v) is 7.39. The van der Waals surface area contributed by atoms with Crippen LogP contribution in [0.5, 0.6) is 0 Å². The van der Waals surface area contributed by atoms with Gasteiger partial charge in [-0.25, -0.2) is 4.98 Å². The van der Waals surface area contributed by atoms with Gasteiger partial charge >= 0.3 is 0 Å². The van der Waals surface area contributed by atoms with E-state index in [4.69, 9.17) is 0 Å². The molecule has 0 radical (unpaired) electrons. The molecule has 5 heteroatoms. The molecule has 3 aromatic rings. The third kappa shape index (κ3) is 4.13. The van der Waals surface area contributed by atoms with E-state index in [0.29, 0.717) is 11.6 Å². The molecular formula is C22H24N4O. The molecule has 1 saturated heterocycles. The number of aromatic nitrogens is 3. The van der Waals surface area contributed by atoms with Gasteiger partial charge in [0.2, 0.25) is 0 Å². The molecule has 3 heterocycles. The van der Waals surface area contributed by atoms with Crippen LogP contribution in [-0.4, -0.2) is 38.8 Å². The molecule has 5 nitrogen and oxygen atoms in total. The summed E-state index contributed by atoms with van der Waals surface area (Å²) in [6.45, 7) is 3.46. The van der Waals surface area contributed by atoms with E-state index in [1.807, 2.05) is 24.2 Å². The first-order valence-electron chi connectivity index (χ1n) is 9.59. The Hall–Kier alpha value is -2.82. The van der Waals surface area contributed by atoms with Crippen LogP contribution in [0.15, 0.2) is 49.1 Å². The molecule has 1 aliphatic heterocycles. The van der Waals surface area contributed by atoms with Crippen LogP contribution in [0.1, 0.15) is 41.0 Å². The first-order valence-corrected chi connectivity index (χ1v) is 9.59. The fourth-order valence-corrected chi connectivity index (χ4v) is 3.83. The maximum Gasteiger partial charge on any atom is 0.274 e. The highest BCUT2D eigenvalue weighted by Gasteiger charge is 2.22. The van der Waals surface area contributed by atoms with Gasteiger partial charge in [0.1, 0.15) is 5.69 Å². The zero-order valence-electron chi connectivity index (χ0n) is 15.6. The number of carbonyl (C=O) groups is 1. The zero-order chi connectivity index (χ0) is 18.6. The molecule has 1 aliphatic rings. The molecule has 0 N–H and O–H groups in total. The molecule has 2 aromatic heterocycles. The van der Waals surface area contributed by atoms with Crippen molar-refractivity contribution in [1.29, 1.82) is 0 Å². The molecule has 138 valence electrons. The van der Waals surface area contributed by atoms with E-state index in [1.54, 1.807) is 12.4 Å². The van der Waals surface area contributed by atoms with Crippen molar-refractivity contribution in [2.24, 2.45) is 5.92 Å². The second-order valence-electron chi connectivity index (χ2n) is 7.39. The maximum absolute atomic E-state index is 12.7. The van der Waals surface area contributed by atoms with Crippen molar-refractivity contribution in [3.63, 3.8) is 0 Å². The maximum atomic E-state index is 12.7. The fraction of sp³-hybridized carbons (Fsp3) is 0.364. The average molecular weight is 360 g/mol. The lowest BCUT2D eigenvalue weighted by Gasteiger charge is -2.20. The second kappa shape index (κ2) is 7.82. The highest BCUT2D eigenvalue weighted by atomic mass is 16.2. The van der Waals surface area contributed by atoms with Gasteiger partial charge in [-0.3, -0.25) is 14.8 Å². The van der Waals surface area contributed by atoms with Crippen LogP contribution in [0, 0.1) is 12.8 Å². The van der Waals surface area contributed by atoms with E-state index >= 15 is 0 Å². The van der Waals surface area contributed by atoms with Gasteiger partial charge in [-0.15, -0.1) is 0 Å². The number of amides is 1. The van der Waals surface area contributed by atoms with Crippen molar-refractivity contribution in [1.82, 2.24) is 19.9 Å². The fourth-order valence-electron chi connectivity index (χ4n) is 3.83. The van der Waals surface area contributed by atoms with Crippen LogP contribution < -0.4 is 0 Å². The Kier molecular flexibility index (Phi) is 5.10. The van der Waals surface area contributed by atoms with Crippen molar-refractivity contribution in [2.75, 3.05) is 13.1 Å². The predicted octanol–water partition coefficient (Wildman–Crippen LogP) is 3.82. The lowest BCUT2D eigenvalue weighted by molar-refractivity contribution is 0.0753. The molecule has 1 atom stereocenters. The summed E-state index contributed by atoms with van der Waals surface area (Å²) < 4.78 is 0. The van der Waals surface area contributed by atoms with Gasteiger partial charge in [0.25, 0.3) is 5.91 Å². The standard InChI is InChI=1S/C22H24N4O/c1-16-13-25-21(15-24-16)22(27)26-9-2-3-17(7-10-26)11-18-4-5-20-14-23-8-6-19(20)12-18/h4-6,8,12-15,17H,2-3,7,9-11H2,1H3/t17-/m0/s1. The zero-order valence-corrected chi connectivity index (χ0v) is 15.6. The van der Waals surface area contributed by atoms with Crippen molar-refractivity contribution < 1.29 is 4.79 Å². The van der Waals surface area contributed by atoms with Crippen LogP contribution >= 0.6 is 0 Å². The minimum Gasteiger partial charge on any atom is -0.337 e. The van der Waals surface area contributed by atoms with E-state index in [9.17, 15) is 4.79 Å². The number of likely N-dealkylation sites (tertiary alicyclic amines) is 1. The highest BCUT2D eigenvalue weighted by Crippen LogP contribution is 2.24. The number of benzene rings is 1. The van der Waals surface area contributed by atoms with E-state index in [-0.39, 0.29) is 5.91 Å². The van der Waals surface area contributed by atoms with Crippen LogP contribution in [0.3, 0.4) is 0 Å². The lowest BCUT2D eigenvalue weighted by atomic mass is 9.92. The third-order valence-electron chi connectivity index (χ3n) is 5.36. The molecule has 0 aliphatic carbocycles. The van der Waals surface area contributed by atoms with Gasteiger partial charge in [0.05, 0.1) is 11.9 Å². The van der Waals surface area contributed by atoms with E-state index in [2.05, 4.69) is 39.2 Å². The van der Waals surface area contributed by atoms with Crippen LogP contribution in [-0.2, 0) is 6.42 Å². The van der Waals surface area contributed by atoms with Crippen LogP contribution in [0.25, 0.3) is 10.8 Å². The summed E-state index contributed by atoms with van der Waals surface area (Å²) in [6, 6.07) is 8.70. The van der Waals surface area contributed by atoms with Crippen LogP contribution in [0.4, 0.5) is 0 Å². The normalized spacial score (nSPS) is 17.7. The molecule has 1 amide bonds. The average Bonchev–Trinajstić information content (AvgIpc) is 2.93. The van der Waals surface area contributed by atoms with Gasteiger partial charge in [0, 0.05) is 37.1 Å². The Morgan fingerprint density at radius 2 is 2.00 bits per heavy atom. The summed E-state index contributed by atoms with van der Waals surface area (Å²) in [5.74, 6) is 0.604. The van der Waals surface area contributed by atoms with E-state index in [0.717, 1.165) is 44.5 Å².